The van der Waals surface area contributed by atoms with Gasteiger partial charge in [0.25, 0.3) is 0 Å². The third-order valence-corrected chi connectivity index (χ3v) is 3.08. The van der Waals surface area contributed by atoms with E-state index in [1.54, 1.807) is 0 Å². The minimum atomic E-state index is 0.861. The average Bonchev–Trinajstić information content (AvgIpc) is 2.16. The minimum Gasteiger partial charge on any atom is -0.330 e. The van der Waals surface area contributed by atoms with Crippen molar-refractivity contribution in [2.24, 2.45) is 17.6 Å². The zero-order valence-corrected chi connectivity index (χ0v) is 9.68. The largest absolute Gasteiger partial charge is 0.330 e. The molecule has 0 rings (SSSR count). The first-order chi connectivity index (χ1) is 6.24. The molecule has 1 nitrogen and oxygen atoms in total. The van der Waals surface area contributed by atoms with Crippen molar-refractivity contribution in [1.82, 2.24) is 0 Å². The standard InChI is InChI=1S/C12H27N/c1-4-11(3)10-12(5-2)8-6-7-9-13/h11-12H,4-10,13H2,1-3H3. The molecule has 0 aliphatic carbocycles. The molecule has 0 bridgehead atoms. The Kier molecular flexibility index (Phi) is 8.53. The van der Waals surface area contributed by atoms with Gasteiger partial charge in [-0.15, -0.1) is 0 Å². The lowest BCUT2D eigenvalue weighted by Gasteiger charge is -2.18. The summed E-state index contributed by atoms with van der Waals surface area (Å²) in [6.07, 6.45) is 8.00. The monoisotopic (exact) mass is 185 g/mol. The molecule has 0 saturated heterocycles. The van der Waals surface area contributed by atoms with Gasteiger partial charge in [0.15, 0.2) is 0 Å². The second-order valence-electron chi connectivity index (χ2n) is 4.31. The van der Waals surface area contributed by atoms with E-state index in [0.29, 0.717) is 0 Å². The van der Waals surface area contributed by atoms with E-state index in [1.807, 2.05) is 0 Å². The van der Waals surface area contributed by atoms with Crippen LogP contribution >= 0.6 is 0 Å². The van der Waals surface area contributed by atoms with Crippen LogP contribution in [0.5, 0.6) is 0 Å². The van der Waals surface area contributed by atoms with Crippen molar-refractivity contribution in [3.05, 3.63) is 0 Å². The Morgan fingerprint density at radius 2 is 1.77 bits per heavy atom. The molecule has 0 spiro atoms. The average molecular weight is 185 g/mol. The minimum absolute atomic E-state index is 0.861. The Labute approximate surface area is 84.1 Å². The SMILES string of the molecule is CCC(C)CC(CC)CCCCN. The first kappa shape index (κ1) is 13.0. The Morgan fingerprint density at radius 3 is 2.23 bits per heavy atom. The van der Waals surface area contributed by atoms with Gasteiger partial charge in [-0.2, -0.15) is 0 Å². The third kappa shape index (κ3) is 7.06. The number of rotatable bonds is 8. The number of nitrogens with two attached hydrogens (primary N) is 1. The lowest BCUT2D eigenvalue weighted by molar-refractivity contribution is 0.345. The van der Waals surface area contributed by atoms with E-state index in [4.69, 9.17) is 5.73 Å². The number of unbranched alkanes of at least 4 members (excludes halogenated alkanes) is 1. The van der Waals surface area contributed by atoms with Crippen LogP contribution in [0.4, 0.5) is 0 Å². The summed E-state index contributed by atoms with van der Waals surface area (Å²) in [7, 11) is 0. The molecule has 0 aliphatic heterocycles. The molecule has 0 heterocycles. The fourth-order valence-corrected chi connectivity index (χ4v) is 1.80. The van der Waals surface area contributed by atoms with E-state index in [-0.39, 0.29) is 0 Å². The van der Waals surface area contributed by atoms with Crippen LogP contribution in [0.1, 0.15) is 59.3 Å². The van der Waals surface area contributed by atoms with E-state index < -0.39 is 0 Å². The summed E-state index contributed by atoms with van der Waals surface area (Å²) in [6.45, 7) is 7.83. The van der Waals surface area contributed by atoms with Gasteiger partial charge in [0.2, 0.25) is 0 Å². The van der Waals surface area contributed by atoms with Crippen molar-refractivity contribution in [2.75, 3.05) is 6.54 Å². The molecule has 0 aliphatic rings. The summed E-state index contributed by atoms with van der Waals surface area (Å²) < 4.78 is 0. The van der Waals surface area contributed by atoms with Crippen LogP contribution in [0.3, 0.4) is 0 Å². The first-order valence-electron chi connectivity index (χ1n) is 5.94. The fraction of sp³-hybridized carbons (Fsp3) is 1.00. The van der Waals surface area contributed by atoms with E-state index in [2.05, 4.69) is 20.8 Å². The predicted molar refractivity (Wildman–Crippen MR) is 60.8 cm³/mol. The zero-order valence-electron chi connectivity index (χ0n) is 9.68. The molecule has 0 aromatic rings. The van der Waals surface area contributed by atoms with Crippen LogP contribution in [0.15, 0.2) is 0 Å². The van der Waals surface area contributed by atoms with Gasteiger partial charge in [-0.05, 0) is 31.2 Å². The van der Waals surface area contributed by atoms with Crippen molar-refractivity contribution in [3.63, 3.8) is 0 Å². The summed E-state index contributed by atoms with van der Waals surface area (Å²) in [4.78, 5) is 0. The number of hydrogen-bond donors (Lipinski definition) is 1. The maximum absolute atomic E-state index is 5.48. The lowest BCUT2D eigenvalue weighted by Crippen LogP contribution is -2.06. The van der Waals surface area contributed by atoms with E-state index >= 15 is 0 Å². The van der Waals surface area contributed by atoms with Gasteiger partial charge in [0.1, 0.15) is 0 Å². The first-order valence-corrected chi connectivity index (χ1v) is 5.94. The highest BCUT2D eigenvalue weighted by Gasteiger charge is 2.09. The highest BCUT2D eigenvalue weighted by Crippen LogP contribution is 2.22. The maximum atomic E-state index is 5.48. The van der Waals surface area contributed by atoms with Gasteiger partial charge < -0.3 is 5.73 Å². The third-order valence-electron chi connectivity index (χ3n) is 3.08. The van der Waals surface area contributed by atoms with Crippen LogP contribution in [0.2, 0.25) is 0 Å². The molecular weight excluding hydrogens is 158 g/mol. The summed E-state index contributed by atoms with van der Waals surface area (Å²) in [5, 5.41) is 0. The van der Waals surface area contributed by atoms with E-state index in [9.17, 15) is 0 Å². The molecule has 0 fully saturated rings. The molecule has 2 atom stereocenters. The predicted octanol–water partition coefficient (Wildman–Crippen LogP) is 3.58. The van der Waals surface area contributed by atoms with E-state index in [0.717, 1.165) is 18.4 Å². The van der Waals surface area contributed by atoms with Gasteiger partial charge in [-0.1, -0.05) is 46.5 Å². The molecule has 0 aromatic carbocycles. The molecule has 0 radical (unpaired) electrons. The summed E-state index contributed by atoms with van der Waals surface area (Å²) in [5.74, 6) is 1.85. The molecule has 13 heavy (non-hydrogen) atoms. The normalized spacial score (nSPS) is 15.7. The van der Waals surface area contributed by atoms with Crippen molar-refractivity contribution in [3.8, 4) is 0 Å². The Hall–Kier alpha value is -0.0400. The van der Waals surface area contributed by atoms with Crippen molar-refractivity contribution < 1.29 is 0 Å². The summed E-state index contributed by atoms with van der Waals surface area (Å²) in [6, 6.07) is 0. The lowest BCUT2D eigenvalue weighted by atomic mass is 9.88. The highest BCUT2D eigenvalue weighted by molar-refractivity contribution is 4.62. The molecular formula is C12H27N. The maximum Gasteiger partial charge on any atom is -0.00773 e. The molecule has 80 valence electrons. The van der Waals surface area contributed by atoms with Crippen molar-refractivity contribution in [2.45, 2.75) is 59.3 Å². The number of hydrogen-bond acceptors (Lipinski definition) is 1. The molecule has 2 N–H and O–H groups in total. The highest BCUT2D eigenvalue weighted by atomic mass is 14.5. The Bertz CT molecular complexity index is 101. The molecule has 0 saturated carbocycles. The quantitative estimate of drug-likeness (QED) is 0.575. The van der Waals surface area contributed by atoms with Crippen molar-refractivity contribution >= 4 is 0 Å². The molecule has 1 heteroatoms. The summed E-state index contributed by atoms with van der Waals surface area (Å²) >= 11 is 0. The van der Waals surface area contributed by atoms with Gasteiger partial charge >= 0.3 is 0 Å². The van der Waals surface area contributed by atoms with Crippen LogP contribution in [0, 0.1) is 11.8 Å². The van der Waals surface area contributed by atoms with E-state index in [1.165, 1.54) is 38.5 Å². The Balaban J connectivity index is 3.50. The Morgan fingerprint density at radius 1 is 1.08 bits per heavy atom. The molecule has 0 amide bonds. The van der Waals surface area contributed by atoms with Crippen LogP contribution in [-0.2, 0) is 0 Å². The van der Waals surface area contributed by atoms with Crippen molar-refractivity contribution in [1.29, 1.82) is 0 Å². The molecule has 0 aromatic heterocycles. The second-order valence-corrected chi connectivity index (χ2v) is 4.31. The van der Waals surface area contributed by atoms with Gasteiger partial charge in [0, 0.05) is 0 Å². The van der Waals surface area contributed by atoms with Crippen LogP contribution in [-0.4, -0.2) is 6.54 Å². The second kappa shape index (κ2) is 8.55. The molecule has 2 unspecified atom stereocenters. The summed E-state index contributed by atoms with van der Waals surface area (Å²) in [5.41, 5.74) is 5.48. The van der Waals surface area contributed by atoms with Gasteiger partial charge in [0.05, 0.1) is 0 Å². The topological polar surface area (TPSA) is 26.0 Å². The van der Waals surface area contributed by atoms with Gasteiger partial charge in [-0.3, -0.25) is 0 Å². The smallest absolute Gasteiger partial charge is 0.00773 e. The zero-order chi connectivity index (χ0) is 10.1. The fourth-order valence-electron chi connectivity index (χ4n) is 1.80. The van der Waals surface area contributed by atoms with Crippen LogP contribution < -0.4 is 5.73 Å². The van der Waals surface area contributed by atoms with Crippen LogP contribution in [0.25, 0.3) is 0 Å². The van der Waals surface area contributed by atoms with Gasteiger partial charge in [-0.25, -0.2) is 0 Å².